The number of nitrogens with two attached hydrogens (primary N) is 1. The lowest BCUT2D eigenvalue weighted by Crippen LogP contribution is -2.44. The van der Waals surface area contributed by atoms with E-state index in [1.807, 2.05) is 12.1 Å². The van der Waals surface area contributed by atoms with Crippen molar-refractivity contribution in [2.45, 2.75) is 24.5 Å². The van der Waals surface area contributed by atoms with Crippen molar-refractivity contribution in [2.24, 2.45) is 5.73 Å². The topological polar surface area (TPSA) is 84.6 Å². The Labute approximate surface area is 106 Å². The maximum Gasteiger partial charge on any atom is 0.240 e. The molecule has 1 fully saturated rings. The zero-order valence-electron chi connectivity index (χ0n) is 10.3. The number of hydrogen-bond donors (Lipinski definition) is 3. The molecule has 0 bridgehead atoms. The number of carbonyl (C=O) groups excluding carboxylic acids is 1. The molecule has 1 atom stereocenters. The molecule has 0 heterocycles. The first-order chi connectivity index (χ1) is 8.57. The SMILES string of the molecule is COc1ccccc1C(O)CNC(=O)C1(N)CC1. The Hall–Kier alpha value is -1.59. The Kier molecular flexibility index (Phi) is 3.54. The number of carbonyl (C=O) groups is 1. The summed E-state index contributed by atoms with van der Waals surface area (Å²) in [6, 6.07) is 7.18. The molecule has 4 N–H and O–H groups in total. The van der Waals surface area contributed by atoms with Crippen molar-refractivity contribution < 1.29 is 14.6 Å². The molecule has 98 valence electrons. The minimum absolute atomic E-state index is 0.137. The lowest BCUT2D eigenvalue weighted by molar-refractivity contribution is -0.123. The van der Waals surface area contributed by atoms with Crippen LogP contribution in [0.25, 0.3) is 0 Å². The molecular formula is C13H18N2O3. The van der Waals surface area contributed by atoms with Crippen LogP contribution in [0.2, 0.25) is 0 Å². The van der Waals surface area contributed by atoms with Gasteiger partial charge >= 0.3 is 0 Å². The summed E-state index contributed by atoms with van der Waals surface area (Å²) in [6.45, 7) is 0.137. The van der Waals surface area contributed by atoms with Crippen LogP contribution < -0.4 is 15.8 Å². The number of nitrogens with one attached hydrogen (secondary N) is 1. The number of amides is 1. The molecule has 2 rings (SSSR count). The first-order valence-electron chi connectivity index (χ1n) is 5.95. The van der Waals surface area contributed by atoms with Gasteiger partial charge in [0.15, 0.2) is 0 Å². The van der Waals surface area contributed by atoms with E-state index in [1.165, 1.54) is 0 Å². The molecule has 1 unspecified atom stereocenters. The van der Waals surface area contributed by atoms with Gasteiger partial charge < -0.3 is 20.9 Å². The van der Waals surface area contributed by atoms with Crippen molar-refractivity contribution in [3.05, 3.63) is 29.8 Å². The molecular weight excluding hydrogens is 232 g/mol. The molecule has 0 aromatic heterocycles. The monoisotopic (exact) mass is 250 g/mol. The summed E-state index contributed by atoms with van der Waals surface area (Å²) in [5.74, 6) is 0.407. The largest absolute Gasteiger partial charge is 0.496 e. The van der Waals surface area contributed by atoms with Crippen molar-refractivity contribution in [1.82, 2.24) is 5.32 Å². The van der Waals surface area contributed by atoms with E-state index in [0.717, 1.165) is 0 Å². The first kappa shape index (κ1) is 12.9. The second-order valence-electron chi connectivity index (χ2n) is 4.62. The Morgan fingerprint density at radius 2 is 2.22 bits per heavy atom. The van der Waals surface area contributed by atoms with E-state index < -0.39 is 11.6 Å². The van der Waals surface area contributed by atoms with Crippen LogP contribution in [-0.4, -0.2) is 30.2 Å². The van der Waals surface area contributed by atoms with Crippen molar-refractivity contribution >= 4 is 5.91 Å². The minimum Gasteiger partial charge on any atom is -0.496 e. The first-order valence-corrected chi connectivity index (χ1v) is 5.95. The maximum absolute atomic E-state index is 11.6. The minimum atomic E-state index is -0.799. The number of aliphatic hydroxyl groups is 1. The highest BCUT2D eigenvalue weighted by Crippen LogP contribution is 2.32. The molecule has 1 aliphatic carbocycles. The number of benzene rings is 1. The van der Waals surface area contributed by atoms with Gasteiger partial charge in [0.05, 0.1) is 18.8 Å². The number of rotatable bonds is 5. The lowest BCUT2D eigenvalue weighted by Gasteiger charge is -2.16. The Morgan fingerprint density at radius 1 is 1.56 bits per heavy atom. The van der Waals surface area contributed by atoms with Crippen LogP contribution in [0.1, 0.15) is 24.5 Å². The van der Waals surface area contributed by atoms with E-state index in [4.69, 9.17) is 10.5 Å². The Morgan fingerprint density at radius 3 is 2.83 bits per heavy atom. The molecule has 18 heavy (non-hydrogen) atoms. The van der Waals surface area contributed by atoms with Crippen LogP contribution in [-0.2, 0) is 4.79 Å². The summed E-state index contributed by atoms with van der Waals surface area (Å²) >= 11 is 0. The van der Waals surface area contributed by atoms with Crippen LogP contribution in [0.15, 0.2) is 24.3 Å². The van der Waals surface area contributed by atoms with E-state index in [0.29, 0.717) is 24.2 Å². The van der Waals surface area contributed by atoms with Gasteiger partial charge in [0.25, 0.3) is 0 Å². The fourth-order valence-electron chi connectivity index (χ4n) is 1.78. The second kappa shape index (κ2) is 4.96. The van der Waals surface area contributed by atoms with E-state index >= 15 is 0 Å². The summed E-state index contributed by atoms with van der Waals surface area (Å²) in [5, 5.41) is 12.7. The van der Waals surface area contributed by atoms with Gasteiger partial charge in [-0.1, -0.05) is 18.2 Å². The highest BCUT2D eigenvalue weighted by atomic mass is 16.5. The van der Waals surface area contributed by atoms with E-state index in [-0.39, 0.29) is 12.5 Å². The number of para-hydroxylation sites is 1. The predicted molar refractivity (Wildman–Crippen MR) is 67.1 cm³/mol. The third-order valence-electron chi connectivity index (χ3n) is 3.19. The van der Waals surface area contributed by atoms with Crippen molar-refractivity contribution in [3.63, 3.8) is 0 Å². The normalized spacial score (nSPS) is 17.9. The molecule has 5 heteroatoms. The standard InChI is InChI=1S/C13H18N2O3/c1-18-11-5-3-2-4-9(11)10(16)8-15-12(17)13(14)6-7-13/h2-5,10,16H,6-8,14H2,1H3,(H,15,17). The fourth-order valence-corrected chi connectivity index (χ4v) is 1.78. The summed E-state index contributed by atoms with van der Waals surface area (Å²) in [7, 11) is 1.54. The van der Waals surface area contributed by atoms with Crippen molar-refractivity contribution in [3.8, 4) is 5.75 Å². The molecule has 0 radical (unpaired) electrons. The van der Waals surface area contributed by atoms with Gasteiger partial charge in [0, 0.05) is 12.1 Å². The second-order valence-corrected chi connectivity index (χ2v) is 4.62. The smallest absolute Gasteiger partial charge is 0.240 e. The van der Waals surface area contributed by atoms with Crippen molar-refractivity contribution in [2.75, 3.05) is 13.7 Å². The average Bonchev–Trinajstić information content (AvgIpc) is 3.14. The number of ether oxygens (including phenoxy) is 1. The van der Waals surface area contributed by atoms with Gasteiger partial charge in [0.1, 0.15) is 5.75 Å². The molecule has 1 aromatic carbocycles. The molecule has 5 nitrogen and oxygen atoms in total. The molecule has 0 saturated heterocycles. The van der Waals surface area contributed by atoms with Crippen LogP contribution in [0, 0.1) is 0 Å². The highest BCUT2D eigenvalue weighted by molar-refractivity contribution is 5.88. The van der Waals surface area contributed by atoms with Crippen LogP contribution >= 0.6 is 0 Å². The van der Waals surface area contributed by atoms with Gasteiger partial charge in [-0.05, 0) is 18.9 Å². The van der Waals surface area contributed by atoms with Crippen LogP contribution in [0.5, 0.6) is 5.75 Å². The molecule has 1 aromatic rings. The fraction of sp³-hybridized carbons (Fsp3) is 0.462. The zero-order chi connectivity index (χ0) is 13.2. The van der Waals surface area contributed by atoms with Gasteiger partial charge in [-0.2, -0.15) is 0 Å². The predicted octanol–water partition coefficient (Wildman–Crippen LogP) is 0.336. The summed E-state index contributed by atoms with van der Waals surface area (Å²) in [6.07, 6.45) is 0.625. The summed E-state index contributed by atoms with van der Waals surface area (Å²) in [4.78, 5) is 11.6. The van der Waals surface area contributed by atoms with Crippen LogP contribution in [0.3, 0.4) is 0 Å². The highest BCUT2D eigenvalue weighted by Gasteiger charge is 2.45. The molecule has 1 saturated carbocycles. The average molecular weight is 250 g/mol. The summed E-state index contributed by atoms with van der Waals surface area (Å²) in [5.41, 5.74) is 5.70. The number of aliphatic hydroxyl groups excluding tert-OH is 1. The Balaban J connectivity index is 1.95. The lowest BCUT2D eigenvalue weighted by atomic mass is 10.1. The maximum atomic E-state index is 11.6. The van der Waals surface area contributed by atoms with Crippen LogP contribution in [0.4, 0.5) is 0 Å². The van der Waals surface area contributed by atoms with E-state index in [1.54, 1.807) is 19.2 Å². The third kappa shape index (κ3) is 2.63. The number of hydrogen-bond acceptors (Lipinski definition) is 4. The van der Waals surface area contributed by atoms with Gasteiger partial charge in [0.2, 0.25) is 5.91 Å². The molecule has 0 spiro atoms. The van der Waals surface area contributed by atoms with Crippen molar-refractivity contribution in [1.29, 1.82) is 0 Å². The van der Waals surface area contributed by atoms with Gasteiger partial charge in [-0.15, -0.1) is 0 Å². The quantitative estimate of drug-likeness (QED) is 0.703. The number of methoxy groups -OCH3 is 1. The zero-order valence-corrected chi connectivity index (χ0v) is 10.3. The Bertz CT molecular complexity index is 444. The summed E-state index contributed by atoms with van der Waals surface area (Å²) < 4.78 is 5.16. The van der Waals surface area contributed by atoms with Gasteiger partial charge in [-0.3, -0.25) is 4.79 Å². The third-order valence-corrected chi connectivity index (χ3v) is 3.19. The van der Waals surface area contributed by atoms with E-state index in [2.05, 4.69) is 5.32 Å². The molecule has 1 amide bonds. The molecule has 1 aliphatic rings. The van der Waals surface area contributed by atoms with E-state index in [9.17, 15) is 9.90 Å². The molecule has 0 aliphatic heterocycles. The van der Waals surface area contributed by atoms with Gasteiger partial charge in [-0.25, -0.2) is 0 Å².